The van der Waals surface area contributed by atoms with Crippen molar-refractivity contribution in [2.24, 2.45) is 17.6 Å². The fraction of sp³-hybridized carbons (Fsp3) is 0.474. The molecule has 2 aromatic rings. The van der Waals surface area contributed by atoms with Gasteiger partial charge in [0.05, 0.1) is 17.5 Å². The van der Waals surface area contributed by atoms with Crippen LogP contribution in [0.4, 0.5) is 4.39 Å². The second-order valence-corrected chi connectivity index (χ2v) is 7.32. The van der Waals surface area contributed by atoms with Crippen molar-refractivity contribution in [3.05, 3.63) is 41.8 Å². The number of nitrogens with two attached hydrogens (primary N) is 1. The van der Waals surface area contributed by atoms with Crippen LogP contribution in [0.2, 0.25) is 0 Å². The molecule has 2 fully saturated rings. The van der Waals surface area contributed by atoms with Crippen LogP contribution in [-0.4, -0.2) is 28.2 Å². The van der Waals surface area contributed by atoms with Crippen LogP contribution >= 0.6 is 0 Å². The molecule has 4 N–H and O–H groups in total. The quantitative estimate of drug-likeness (QED) is 0.802. The van der Waals surface area contributed by atoms with Gasteiger partial charge in [0.15, 0.2) is 0 Å². The Kier molecular flexibility index (Phi) is 4.29. The van der Waals surface area contributed by atoms with Crippen LogP contribution in [0, 0.1) is 17.7 Å². The van der Waals surface area contributed by atoms with E-state index in [1.807, 2.05) is 0 Å². The smallest absolute Gasteiger partial charge is 0.255 e. The van der Waals surface area contributed by atoms with E-state index in [9.17, 15) is 9.18 Å². The first kappa shape index (κ1) is 16.3. The van der Waals surface area contributed by atoms with E-state index in [2.05, 4.69) is 15.5 Å². The number of carbonyl (C=O) groups is 1. The summed E-state index contributed by atoms with van der Waals surface area (Å²) in [6, 6.07) is 6.80. The number of fused-ring (bicyclic) bond motifs is 2. The van der Waals surface area contributed by atoms with Gasteiger partial charge in [-0.05, 0) is 49.7 Å². The van der Waals surface area contributed by atoms with Crippen molar-refractivity contribution in [1.82, 2.24) is 15.5 Å². The lowest BCUT2D eigenvalue weighted by atomic mass is 9.67. The van der Waals surface area contributed by atoms with Crippen molar-refractivity contribution in [2.75, 3.05) is 0 Å². The predicted molar refractivity (Wildman–Crippen MR) is 93.3 cm³/mol. The van der Waals surface area contributed by atoms with Gasteiger partial charge in [-0.25, -0.2) is 4.39 Å². The molecule has 2 bridgehead atoms. The summed E-state index contributed by atoms with van der Waals surface area (Å²) in [4.78, 5) is 12.9. The molecule has 1 aromatic carbocycles. The molecule has 1 heterocycles. The zero-order valence-electron chi connectivity index (χ0n) is 14.0. The van der Waals surface area contributed by atoms with Gasteiger partial charge in [-0.15, -0.1) is 0 Å². The number of nitrogens with one attached hydrogen (secondary N) is 2. The van der Waals surface area contributed by atoms with Crippen LogP contribution in [0.5, 0.6) is 0 Å². The van der Waals surface area contributed by atoms with E-state index in [-0.39, 0.29) is 23.8 Å². The van der Waals surface area contributed by atoms with Crippen LogP contribution < -0.4 is 11.1 Å². The first-order valence-electron chi connectivity index (χ1n) is 8.98. The molecule has 0 radical (unpaired) electrons. The zero-order chi connectivity index (χ0) is 17.4. The molecule has 2 atom stereocenters. The van der Waals surface area contributed by atoms with Crippen LogP contribution in [0.3, 0.4) is 0 Å². The highest BCUT2D eigenvalue weighted by Crippen LogP contribution is 2.40. The molecule has 1 aromatic heterocycles. The molecule has 5 nitrogen and oxygen atoms in total. The monoisotopic (exact) mass is 342 g/mol. The van der Waals surface area contributed by atoms with Crippen molar-refractivity contribution in [3.63, 3.8) is 0 Å². The summed E-state index contributed by atoms with van der Waals surface area (Å²) in [7, 11) is 0. The number of H-pyrrole nitrogens is 1. The molecule has 6 heteroatoms. The van der Waals surface area contributed by atoms with Crippen molar-refractivity contribution in [2.45, 2.75) is 44.2 Å². The fourth-order valence-corrected chi connectivity index (χ4v) is 4.58. The Morgan fingerprint density at radius 2 is 1.96 bits per heavy atom. The Bertz CT molecular complexity index is 760. The average molecular weight is 342 g/mol. The van der Waals surface area contributed by atoms with Gasteiger partial charge in [-0.1, -0.05) is 18.6 Å². The lowest BCUT2D eigenvalue weighted by molar-refractivity contribution is 0.0756. The summed E-state index contributed by atoms with van der Waals surface area (Å²) >= 11 is 0. The van der Waals surface area contributed by atoms with Gasteiger partial charge in [0.2, 0.25) is 0 Å². The van der Waals surface area contributed by atoms with E-state index in [1.54, 1.807) is 18.2 Å². The summed E-state index contributed by atoms with van der Waals surface area (Å²) in [5, 5.41) is 9.93. The SMILES string of the molecule is NC1CC2CCCC(C1)C2NC(=O)c1cn[nH]c1-c1ccccc1F. The van der Waals surface area contributed by atoms with Crippen molar-refractivity contribution in [3.8, 4) is 11.3 Å². The minimum absolute atomic E-state index is 0.157. The van der Waals surface area contributed by atoms with E-state index in [4.69, 9.17) is 5.73 Å². The molecule has 2 aliphatic carbocycles. The first-order chi connectivity index (χ1) is 12.1. The van der Waals surface area contributed by atoms with E-state index in [1.165, 1.54) is 18.7 Å². The summed E-state index contributed by atoms with van der Waals surface area (Å²) < 4.78 is 14.1. The van der Waals surface area contributed by atoms with Crippen LogP contribution in [0.25, 0.3) is 11.3 Å². The normalized spacial score (nSPS) is 28.6. The van der Waals surface area contributed by atoms with Gasteiger partial charge < -0.3 is 11.1 Å². The van der Waals surface area contributed by atoms with Gasteiger partial charge in [-0.2, -0.15) is 5.10 Å². The van der Waals surface area contributed by atoms with E-state index < -0.39 is 0 Å². The van der Waals surface area contributed by atoms with Gasteiger partial charge in [0.1, 0.15) is 5.82 Å². The second kappa shape index (κ2) is 6.59. The Hall–Kier alpha value is -2.21. The number of aromatic nitrogens is 2. The first-order valence-corrected chi connectivity index (χ1v) is 8.98. The third-order valence-electron chi connectivity index (χ3n) is 5.70. The second-order valence-electron chi connectivity index (χ2n) is 7.32. The fourth-order valence-electron chi connectivity index (χ4n) is 4.58. The van der Waals surface area contributed by atoms with Crippen molar-refractivity contribution >= 4 is 5.91 Å². The molecule has 2 saturated carbocycles. The molecule has 0 aliphatic heterocycles. The zero-order valence-corrected chi connectivity index (χ0v) is 14.0. The Morgan fingerprint density at radius 1 is 1.24 bits per heavy atom. The topological polar surface area (TPSA) is 83.8 Å². The number of halogens is 1. The van der Waals surface area contributed by atoms with E-state index in [0.717, 1.165) is 25.7 Å². The molecule has 132 valence electrons. The van der Waals surface area contributed by atoms with Gasteiger partial charge >= 0.3 is 0 Å². The Balaban J connectivity index is 1.57. The van der Waals surface area contributed by atoms with Crippen LogP contribution in [-0.2, 0) is 0 Å². The Labute approximate surface area is 146 Å². The number of amides is 1. The van der Waals surface area contributed by atoms with Gasteiger partial charge in [0.25, 0.3) is 5.91 Å². The molecular weight excluding hydrogens is 319 g/mol. The van der Waals surface area contributed by atoms with Gasteiger partial charge in [-0.3, -0.25) is 9.89 Å². The number of nitrogens with zero attached hydrogens (tertiary/aromatic N) is 1. The molecule has 4 rings (SSSR count). The van der Waals surface area contributed by atoms with Crippen LogP contribution in [0.15, 0.2) is 30.5 Å². The highest BCUT2D eigenvalue weighted by Gasteiger charge is 2.40. The highest BCUT2D eigenvalue weighted by molar-refractivity contribution is 6.00. The maximum atomic E-state index is 14.1. The largest absolute Gasteiger partial charge is 0.349 e. The predicted octanol–water partition coefficient (Wildman–Crippen LogP) is 2.85. The molecule has 2 aliphatic rings. The highest BCUT2D eigenvalue weighted by atomic mass is 19.1. The van der Waals surface area contributed by atoms with E-state index >= 15 is 0 Å². The molecule has 25 heavy (non-hydrogen) atoms. The minimum Gasteiger partial charge on any atom is -0.349 e. The average Bonchev–Trinajstić information content (AvgIpc) is 3.05. The minimum atomic E-state index is -0.374. The number of hydrogen-bond acceptors (Lipinski definition) is 3. The summed E-state index contributed by atoms with van der Waals surface area (Å²) in [6.07, 6.45) is 6.84. The maximum Gasteiger partial charge on any atom is 0.255 e. The summed E-state index contributed by atoms with van der Waals surface area (Å²) in [5.41, 5.74) is 7.33. The summed E-state index contributed by atoms with van der Waals surface area (Å²) in [6.45, 7) is 0. The van der Waals surface area contributed by atoms with Gasteiger partial charge in [0, 0.05) is 17.6 Å². The molecule has 0 spiro atoms. The van der Waals surface area contributed by atoms with Crippen LogP contribution in [0.1, 0.15) is 42.5 Å². The molecular formula is C19H23FN4O. The number of benzene rings is 1. The number of rotatable bonds is 3. The van der Waals surface area contributed by atoms with Crippen molar-refractivity contribution in [1.29, 1.82) is 0 Å². The number of aromatic amines is 1. The number of hydrogen-bond donors (Lipinski definition) is 3. The third-order valence-corrected chi connectivity index (χ3v) is 5.70. The lowest BCUT2D eigenvalue weighted by Crippen LogP contribution is -2.53. The molecule has 2 unspecified atom stereocenters. The summed E-state index contributed by atoms with van der Waals surface area (Å²) in [5.74, 6) is 0.316. The Morgan fingerprint density at radius 3 is 2.68 bits per heavy atom. The molecule has 1 amide bonds. The maximum absolute atomic E-state index is 14.1. The molecule has 0 saturated heterocycles. The lowest BCUT2D eigenvalue weighted by Gasteiger charge is -2.45. The standard InChI is InChI=1S/C19H23FN4O/c20-16-7-2-1-6-14(16)18-15(10-22-24-18)19(25)23-17-11-4-3-5-12(17)9-13(21)8-11/h1-2,6-7,10-13,17H,3-5,8-9,21H2,(H,22,24)(H,23,25). The third kappa shape index (κ3) is 3.06. The van der Waals surface area contributed by atoms with Crippen molar-refractivity contribution < 1.29 is 9.18 Å². The van der Waals surface area contributed by atoms with E-state index in [0.29, 0.717) is 28.7 Å². The number of carbonyl (C=O) groups excluding carboxylic acids is 1.